The third-order valence-electron chi connectivity index (χ3n) is 5.08. The average Bonchev–Trinajstić information content (AvgIpc) is 3.07. The summed E-state index contributed by atoms with van der Waals surface area (Å²) in [4.78, 5) is 25.1. The summed E-state index contributed by atoms with van der Waals surface area (Å²) >= 11 is 0. The van der Waals surface area contributed by atoms with E-state index in [0.717, 1.165) is 11.1 Å². The highest BCUT2D eigenvalue weighted by atomic mass is 16.7. The third-order valence-corrected chi connectivity index (χ3v) is 5.08. The average molecular weight is 444 g/mol. The summed E-state index contributed by atoms with van der Waals surface area (Å²) in [5.41, 5.74) is 2.75. The van der Waals surface area contributed by atoms with Crippen LogP contribution in [0.4, 0.5) is 0 Å². The number of carbonyl (C=O) groups excluding carboxylic acids is 2. The molecule has 0 radical (unpaired) electrons. The van der Waals surface area contributed by atoms with Crippen molar-refractivity contribution in [2.24, 2.45) is 0 Å². The molecule has 1 heterocycles. The van der Waals surface area contributed by atoms with E-state index in [0.29, 0.717) is 11.1 Å². The first-order chi connectivity index (χ1) is 15.4. The predicted octanol–water partition coefficient (Wildman–Crippen LogP) is 2.43. The van der Waals surface area contributed by atoms with Gasteiger partial charge in [0.15, 0.2) is 12.4 Å². The van der Waals surface area contributed by atoms with Crippen LogP contribution < -0.4 is 0 Å². The number of hydrogen-bond acceptors (Lipinski definition) is 8. The molecule has 4 atom stereocenters. The molecule has 0 aromatic heterocycles. The zero-order valence-corrected chi connectivity index (χ0v) is 18.4. The van der Waals surface area contributed by atoms with Gasteiger partial charge in [-0.1, -0.05) is 35.4 Å². The Balaban J connectivity index is 1.70. The van der Waals surface area contributed by atoms with E-state index >= 15 is 0 Å². The predicted molar refractivity (Wildman–Crippen MR) is 114 cm³/mol. The van der Waals surface area contributed by atoms with Gasteiger partial charge in [0, 0.05) is 7.11 Å². The number of aliphatic hydroxyl groups is 1. The monoisotopic (exact) mass is 444 g/mol. The van der Waals surface area contributed by atoms with Crippen molar-refractivity contribution in [1.29, 1.82) is 0 Å². The zero-order chi connectivity index (χ0) is 23.1. The van der Waals surface area contributed by atoms with Gasteiger partial charge in [0.1, 0.15) is 18.8 Å². The van der Waals surface area contributed by atoms with Gasteiger partial charge in [-0.3, -0.25) is 0 Å². The second-order valence-electron chi connectivity index (χ2n) is 7.59. The molecule has 1 N–H and O–H groups in total. The van der Waals surface area contributed by atoms with E-state index in [1.54, 1.807) is 48.5 Å². The Kier molecular flexibility index (Phi) is 8.35. The Hall–Kier alpha value is -2.78. The van der Waals surface area contributed by atoms with E-state index in [2.05, 4.69) is 0 Å². The maximum absolute atomic E-state index is 12.7. The summed E-state index contributed by atoms with van der Waals surface area (Å²) in [7, 11) is 1.52. The van der Waals surface area contributed by atoms with E-state index in [1.165, 1.54) is 7.11 Å². The molecule has 0 aliphatic carbocycles. The number of methoxy groups -OCH3 is 1. The van der Waals surface area contributed by atoms with Gasteiger partial charge in [0.25, 0.3) is 0 Å². The van der Waals surface area contributed by atoms with Crippen LogP contribution in [0, 0.1) is 13.8 Å². The molecule has 0 saturated carbocycles. The van der Waals surface area contributed by atoms with Crippen LogP contribution in [0.5, 0.6) is 0 Å². The molecule has 0 amide bonds. The number of rotatable bonds is 9. The number of esters is 2. The molecular weight excluding hydrogens is 416 g/mol. The van der Waals surface area contributed by atoms with E-state index in [-0.39, 0.29) is 19.8 Å². The van der Waals surface area contributed by atoms with Gasteiger partial charge in [0.2, 0.25) is 0 Å². The fourth-order valence-corrected chi connectivity index (χ4v) is 3.24. The number of aryl methyl sites for hydroxylation is 2. The minimum absolute atomic E-state index is 0.163. The van der Waals surface area contributed by atoms with Gasteiger partial charge in [-0.25, -0.2) is 9.59 Å². The summed E-state index contributed by atoms with van der Waals surface area (Å²) in [6, 6.07) is 13.8. The molecule has 1 aliphatic rings. The summed E-state index contributed by atoms with van der Waals surface area (Å²) in [6.07, 6.45) is -4.20. The Morgan fingerprint density at radius 3 is 2.00 bits per heavy atom. The molecule has 0 unspecified atom stereocenters. The Bertz CT molecular complexity index is 893. The largest absolute Gasteiger partial charge is 0.459 e. The van der Waals surface area contributed by atoms with Crippen LogP contribution in [-0.4, -0.2) is 68.6 Å². The molecule has 8 heteroatoms. The first-order valence-corrected chi connectivity index (χ1v) is 10.3. The molecule has 0 spiro atoms. The Morgan fingerprint density at radius 2 is 1.44 bits per heavy atom. The standard InChI is InChI=1S/C24H28O8/c1-15-4-8-17(9-5-15)22(25)30-14-19-20(21(24(27)31-19)29-13-12-28-3)32-23(26)18-10-6-16(2)7-11-18/h4-11,19-21,24,27H,12-14H2,1-3H3/t19-,20-,21-,24+/m1/s1. The third kappa shape index (κ3) is 6.14. The van der Waals surface area contributed by atoms with E-state index in [9.17, 15) is 14.7 Å². The maximum atomic E-state index is 12.7. The molecule has 0 bridgehead atoms. The fourth-order valence-electron chi connectivity index (χ4n) is 3.24. The molecule has 8 nitrogen and oxygen atoms in total. The molecule has 3 rings (SSSR count). The lowest BCUT2D eigenvalue weighted by Crippen LogP contribution is -2.41. The van der Waals surface area contributed by atoms with Crippen molar-refractivity contribution >= 4 is 11.9 Å². The van der Waals surface area contributed by atoms with Crippen LogP contribution >= 0.6 is 0 Å². The molecule has 2 aromatic rings. The van der Waals surface area contributed by atoms with Crippen molar-refractivity contribution in [3.8, 4) is 0 Å². The topological polar surface area (TPSA) is 101 Å². The van der Waals surface area contributed by atoms with Crippen molar-refractivity contribution in [2.45, 2.75) is 38.4 Å². The molecule has 1 fully saturated rings. The minimum Gasteiger partial charge on any atom is -0.459 e. The summed E-state index contributed by atoms with van der Waals surface area (Å²) in [5, 5.41) is 10.3. The lowest BCUT2D eigenvalue weighted by molar-refractivity contribution is -0.150. The minimum atomic E-state index is -1.36. The van der Waals surface area contributed by atoms with Gasteiger partial charge in [-0.05, 0) is 38.1 Å². The van der Waals surface area contributed by atoms with E-state index in [1.807, 2.05) is 13.8 Å². The van der Waals surface area contributed by atoms with Crippen LogP contribution in [0.2, 0.25) is 0 Å². The second-order valence-corrected chi connectivity index (χ2v) is 7.59. The molecular formula is C24H28O8. The number of aliphatic hydroxyl groups excluding tert-OH is 1. The molecule has 172 valence electrons. The van der Waals surface area contributed by atoms with Crippen LogP contribution in [0.3, 0.4) is 0 Å². The highest BCUT2D eigenvalue weighted by molar-refractivity contribution is 5.90. The van der Waals surface area contributed by atoms with Gasteiger partial charge in [-0.2, -0.15) is 0 Å². The van der Waals surface area contributed by atoms with Crippen molar-refractivity contribution in [1.82, 2.24) is 0 Å². The molecule has 1 aliphatic heterocycles. The van der Waals surface area contributed by atoms with Gasteiger partial charge < -0.3 is 28.8 Å². The lowest BCUT2D eigenvalue weighted by Gasteiger charge is -2.23. The van der Waals surface area contributed by atoms with Crippen LogP contribution in [0.1, 0.15) is 31.8 Å². The highest BCUT2D eigenvalue weighted by Gasteiger charge is 2.48. The van der Waals surface area contributed by atoms with Crippen molar-refractivity contribution in [3.63, 3.8) is 0 Å². The van der Waals surface area contributed by atoms with Crippen molar-refractivity contribution in [3.05, 3.63) is 70.8 Å². The van der Waals surface area contributed by atoms with Crippen molar-refractivity contribution in [2.75, 3.05) is 26.9 Å². The zero-order valence-electron chi connectivity index (χ0n) is 18.4. The summed E-state index contributed by atoms with van der Waals surface area (Å²) in [6.45, 7) is 4.05. The number of hydrogen-bond donors (Lipinski definition) is 1. The van der Waals surface area contributed by atoms with Crippen molar-refractivity contribution < 1.29 is 38.4 Å². The molecule has 32 heavy (non-hydrogen) atoms. The smallest absolute Gasteiger partial charge is 0.338 e. The first-order valence-electron chi connectivity index (χ1n) is 10.3. The van der Waals surface area contributed by atoms with Gasteiger partial charge in [0.05, 0.1) is 24.3 Å². The maximum Gasteiger partial charge on any atom is 0.338 e. The summed E-state index contributed by atoms with van der Waals surface area (Å²) in [5.74, 6) is -1.14. The summed E-state index contributed by atoms with van der Waals surface area (Å²) < 4.78 is 27.1. The molecule has 2 aromatic carbocycles. The van der Waals surface area contributed by atoms with Crippen LogP contribution in [0.25, 0.3) is 0 Å². The van der Waals surface area contributed by atoms with Gasteiger partial charge >= 0.3 is 11.9 Å². The number of ether oxygens (including phenoxy) is 5. The fraction of sp³-hybridized carbons (Fsp3) is 0.417. The van der Waals surface area contributed by atoms with Gasteiger partial charge in [-0.15, -0.1) is 0 Å². The Labute approximate surface area is 187 Å². The lowest BCUT2D eigenvalue weighted by atomic mass is 10.1. The highest BCUT2D eigenvalue weighted by Crippen LogP contribution is 2.27. The Morgan fingerprint density at radius 1 is 0.875 bits per heavy atom. The SMILES string of the molecule is COCCO[C@@H]1[C@H](OC(=O)c2ccc(C)cc2)[C@@H](COC(=O)c2ccc(C)cc2)O[C@@H]1O. The van der Waals surface area contributed by atoms with E-state index in [4.69, 9.17) is 23.7 Å². The number of carbonyl (C=O) groups is 2. The van der Waals surface area contributed by atoms with Crippen LogP contribution in [-0.2, 0) is 23.7 Å². The number of benzene rings is 2. The first kappa shape index (κ1) is 23.9. The quantitative estimate of drug-likeness (QED) is 0.465. The normalized spacial score (nSPS) is 22.5. The molecule has 1 saturated heterocycles. The van der Waals surface area contributed by atoms with Crippen LogP contribution in [0.15, 0.2) is 48.5 Å². The van der Waals surface area contributed by atoms with E-state index < -0.39 is 36.5 Å². The second kappa shape index (κ2) is 11.2.